The second kappa shape index (κ2) is 7.89. The van der Waals surface area contributed by atoms with Crippen LogP contribution in [0.15, 0.2) is 41.0 Å². The monoisotopic (exact) mass is 287 g/mol. The molecule has 0 spiro atoms. The molecule has 114 valence electrons. The first-order valence-electron chi connectivity index (χ1n) is 7.76. The molecular weight excluding hydrogens is 262 g/mol. The first kappa shape index (κ1) is 15.6. The molecule has 0 fully saturated rings. The van der Waals surface area contributed by atoms with Crippen molar-refractivity contribution in [2.75, 3.05) is 13.2 Å². The number of hydrogen-bond acceptors (Lipinski definition) is 3. The fourth-order valence-corrected chi connectivity index (χ4v) is 2.31. The van der Waals surface area contributed by atoms with Crippen LogP contribution in [0.5, 0.6) is 5.75 Å². The summed E-state index contributed by atoms with van der Waals surface area (Å²) in [4.78, 5) is 0. The van der Waals surface area contributed by atoms with Crippen LogP contribution in [-0.4, -0.2) is 13.2 Å². The minimum Gasteiger partial charge on any atom is -0.494 e. The summed E-state index contributed by atoms with van der Waals surface area (Å²) in [6.45, 7) is 8.07. The predicted octanol–water partition coefficient (Wildman–Crippen LogP) is 4.47. The van der Waals surface area contributed by atoms with Crippen molar-refractivity contribution in [1.29, 1.82) is 0 Å². The average molecular weight is 287 g/mol. The van der Waals surface area contributed by atoms with E-state index >= 15 is 0 Å². The summed E-state index contributed by atoms with van der Waals surface area (Å²) < 4.78 is 11.3. The van der Waals surface area contributed by atoms with Crippen molar-refractivity contribution < 1.29 is 9.15 Å². The fraction of sp³-hybridized carbons (Fsp3) is 0.444. The number of furan rings is 1. The van der Waals surface area contributed by atoms with Gasteiger partial charge in [-0.05, 0) is 55.6 Å². The molecule has 0 bridgehead atoms. The number of hydrogen-bond donors (Lipinski definition) is 1. The van der Waals surface area contributed by atoms with Gasteiger partial charge in [0.05, 0.1) is 18.9 Å². The van der Waals surface area contributed by atoms with E-state index in [-0.39, 0.29) is 6.04 Å². The second-order valence-electron chi connectivity index (χ2n) is 5.27. The summed E-state index contributed by atoms with van der Waals surface area (Å²) >= 11 is 0. The highest BCUT2D eigenvalue weighted by Crippen LogP contribution is 2.27. The zero-order chi connectivity index (χ0) is 15.1. The Labute approximate surface area is 127 Å². The molecule has 0 aliphatic heterocycles. The molecule has 1 aromatic heterocycles. The normalized spacial score (nSPS) is 12.3. The first-order valence-corrected chi connectivity index (χ1v) is 7.76. The van der Waals surface area contributed by atoms with E-state index in [1.165, 1.54) is 11.1 Å². The Hall–Kier alpha value is -1.74. The Bertz CT molecular complexity index is 530. The first-order chi connectivity index (χ1) is 10.3. The van der Waals surface area contributed by atoms with Gasteiger partial charge in [-0.1, -0.05) is 26.0 Å². The van der Waals surface area contributed by atoms with Gasteiger partial charge in [-0.3, -0.25) is 0 Å². The molecule has 0 radical (unpaired) electrons. The predicted molar refractivity (Wildman–Crippen MR) is 85.8 cm³/mol. The second-order valence-corrected chi connectivity index (χ2v) is 5.27. The van der Waals surface area contributed by atoms with E-state index < -0.39 is 0 Å². The summed E-state index contributed by atoms with van der Waals surface area (Å²) in [5, 5.41) is 3.56. The van der Waals surface area contributed by atoms with Gasteiger partial charge in [0.25, 0.3) is 0 Å². The highest BCUT2D eigenvalue weighted by atomic mass is 16.5. The number of aryl methyl sites for hydroxylation is 1. The SMILES string of the molecule is CCCNC(c1ccc(OCCC)cc1)c1occc1C. The third-order valence-corrected chi connectivity index (χ3v) is 3.45. The van der Waals surface area contributed by atoms with E-state index in [0.717, 1.165) is 37.5 Å². The molecule has 2 rings (SSSR count). The van der Waals surface area contributed by atoms with E-state index in [9.17, 15) is 0 Å². The van der Waals surface area contributed by atoms with Gasteiger partial charge in [-0.25, -0.2) is 0 Å². The third kappa shape index (κ3) is 4.11. The van der Waals surface area contributed by atoms with Crippen LogP contribution in [-0.2, 0) is 0 Å². The Morgan fingerprint density at radius 2 is 1.86 bits per heavy atom. The largest absolute Gasteiger partial charge is 0.494 e. The molecule has 1 aromatic carbocycles. The van der Waals surface area contributed by atoms with Gasteiger partial charge in [0.2, 0.25) is 0 Å². The molecule has 0 amide bonds. The molecule has 0 aliphatic carbocycles. The molecule has 2 aromatic rings. The maximum absolute atomic E-state index is 5.68. The summed E-state index contributed by atoms with van der Waals surface area (Å²) in [6, 6.07) is 10.4. The molecule has 1 unspecified atom stereocenters. The summed E-state index contributed by atoms with van der Waals surface area (Å²) in [6.07, 6.45) is 3.87. The Morgan fingerprint density at radius 1 is 1.10 bits per heavy atom. The van der Waals surface area contributed by atoms with Crippen molar-refractivity contribution in [2.24, 2.45) is 0 Å². The van der Waals surface area contributed by atoms with Gasteiger partial charge >= 0.3 is 0 Å². The minimum absolute atomic E-state index is 0.0974. The lowest BCUT2D eigenvalue weighted by Crippen LogP contribution is -2.23. The van der Waals surface area contributed by atoms with Crippen molar-refractivity contribution in [2.45, 2.75) is 39.7 Å². The van der Waals surface area contributed by atoms with Gasteiger partial charge in [-0.2, -0.15) is 0 Å². The van der Waals surface area contributed by atoms with E-state index in [4.69, 9.17) is 9.15 Å². The quantitative estimate of drug-likeness (QED) is 0.778. The van der Waals surface area contributed by atoms with Crippen LogP contribution in [0.4, 0.5) is 0 Å². The summed E-state index contributed by atoms with van der Waals surface area (Å²) in [7, 11) is 0. The number of benzene rings is 1. The molecule has 1 N–H and O–H groups in total. The minimum atomic E-state index is 0.0974. The van der Waals surface area contributed by atoms with E-state index in [2.05, 4.69) is 38.2 Å². The van der Waals surface area contributed by atoms with Crippen LogP contribution in [0.1, 0.15) is 49.6 Å². The van der Waals surface area contributed by atoms with Crippen LogP contribution in [0.25, 0.3) is 0 Å². The molecule has 0 saturated carbocycles. The van der Waals surface area contributed by atoms with Crippen molar-refractivity contribution in [3.63, 3.8) is 0 Å². The Balaban J connectivity index is 2.18. The average Bonchev–Trinajstić information content (AvgIpc) is 2.93. The summed E-state index contributed by atoms with van der Waals surface area (Å²) in [5.74, 6) is 1.91. The van der Waals surface area contributed by atoms with Gasteiger partial charge in [0, 0.05) is 0 Å². The highest BCUT2D eigenvalue weighted by Gasteiger charge is 2.18. The van der Waals surface area contributed by atoms with Gasteiger partial charge < -0.3 is 14.5 Å². The zero-order valence-corrected chi connectivity index (χ0v) is 13.2. The number of ether oxygens (including phenoxy) is 1. The van der Waals surface area contributed by atoms with Crippen molar-refractivity contribution in [3.05, 3.63) is 53.5 Å². The molecule has 3 nitrogen and oxygen atoms in total. The van der Waals surface area contributed by atoms with Crippen LogP contribution in [0, 0.1) is 6.92 Å². The van der Waals surface area contributed by atoms with Crippen molar-refractivity contribution in [1.82, 2.24) is 5.32 Å². The third-order valence-electron chi connectivity index (χ3n) is 3.45. The molecule has 0 saturated heterocycles. The van der Waals surface area contributed by atoms with Crippen molar-refractivity contribution in [3.8, 4) is 5.75 Å². The van der Waals surface area contributed by atoms with E-state index in [1.807, 2.05) is 18.2 Å². The van der Waals surface area contributed by atoms with Crippen molar-refractivity contribution >= 4 is 0 Å². The summed E-state index contributed by atoms with van der Waals surface area (Å²) in [5.41, 5.74) is 2.38. The van der Waals surface area contributed by atoms with Gasteiger partial charge in [0.1, 0.15) is 11.5 Å². The maximum atomic E-state index is 5.68. The highest BCUT2D eigenvalue weighted by molar-refractivity contribution is 5.34. The van der Waals surface area contributed by atoms with Crippen LogP contribution < -0.4 is 10.1 Å². The zero-order valence-electron chi connectivity index (χ0n) is 13.2. The fourth-order valence-electron chi connectivity index (χ4n) is 2.31. The molecule has 1 heterocycles. The Kier molecular flexibility index (Phi) is 5.88. The molecule has 1 atom stereocenters. The lowest BCUT2D eigenvalue weighted by atomic mass is 10.0. The number of nitrogens with one attached hydrogen (secondary N) is 1. The lowest BCUT2D eigenvalue weighted by Gasteiger charge is -2.18. The number of rotatable bonds is 8. The topological polar surface area (TPSA) is 34.4 Å². The van der Waals surface area contributed by atoms with E-state index in [0.29, 0.717) is 0 Å². The molecular formula is C18H25NO2. The maximum Gasteiger partial charge on any atom is 0.128 e. The lowest BCUT2D eigenvalue weighted by molar-refractivity contribution is 0.317. The molecule has 0 aliphatic rings. The Morgan fingerprint density at radius 3 is 2.43 bits per heavy atom. The van der Waals surface area contributed by atoms with Gasteiger partial charge in [0.15, 0.2) is 0 Å². The standard InChI is InChI=1S/C18H25NO2/c1-4-11-19-17(18-14(3)10-13-21-18)15-6-8-16(9-7-15)20-12-5-2/h6-10,13,17,19H,4-5,11-12H2,1-3H3. The molecule has 3 heteroatoms. The molecule has 21 heavy (non-hydrogen) atoms. The van der Waals surface area contributed by atoms with E-state index in [1.54, 1.807) is 6.26 Å². The smallest absolute Gasteiger partial charge is 0.128 e. The van der Waals surface area contributed by atoms with Gasteiger partial charge in [-0.15, -0.1) is 0 Å². The van der Waals surface area contributed by atoms with Crippen LogP contribution in [0.2, 0.25) is 0 Å². The van der Waals surface area contributed by atoms with Crippen LogP contribution in [0.3, 0.4) is 0 Å². The van der Waals surface area contributed by atoms with Crippen LogP contribution >= 0.6 is 0 Å².